The molecule has 0 fully saturated rings. The largest absolute Gasteiger partial charge is 0.345 e. The van der Waals surface area contributed by atoms with Crippen LogP contribution >= 0.6 is 10.7 Å². The van der Waals surface area contributed by atoms with Gasteiger partial charge in [-0.3, -0.25) is 0 Å². The molecule has 50 valence electrons. The van der Waals surface area contributed by atoms with Gasteiger partial charge in [-0.25, -0.2) is 0 Å². The highest BCUT2D eigenvalue weighted by Gasteiger charge is 1.96. The molecule has 0 saturated heterocycles. The molecule has 0 bridgehead atoms. The van der Waals surface area contributed by atoms with Crippen molar-refractivity contribution in [2.45, 2.75) is 0 Å². The van der Waals surface area contributed by atoms with Gasteiger partial charge in [0.2, 0.25) is 0 Å². The molecule has 0 aromatic rings. The van der Waals surface area contributed by atoms with Gasteiger partial charge in [0.25, 0.3) is 0 Å². The Morgan fingerprint density at radius 3 is 1.88 bits per heavy atom. The summed E-state index contributed by atoms with van der Waals surface area (Å²) >= 11 is 0. The van der Waals surface area contributed by atoms with Crippen molar-refractivity contribution in [1.29, 1.82) is 0 Å². The fourth-order valence-electron chi connectivity index (χ4n) is 0.178. The summed E-state index contributed by atoms with van der Waals surface area (Å²) in [6, 6.07) is 0. The number of nitrogens with zero attached hydrogens (tertiary/aromatic N) is 1. The summed E-state index contributed by atoms with van der Waals surface area (Å²) in [5, 5.41) is 0. The van der Waals surface area contributed by atoms with E-state index in [0.29, 0.717) is 0 Å². The van der Waals surface area contributed by atoms with Crippen LogP contribution < -0.4 is 0 Å². The van der Waals surface area contributed by atoms with Crippen molar-refractivity contribution in [2.75, 3.05) is 12.5 Å². The van der Waals surface area contributed by atoms with Crippen molar-refractivity contribution in [3.8, 4) is 0 Å². The van der Waals surface area contributed by atoms with E-state index in [1.807, 2.05) is 0 Å². The van der Waals surface area contributed by atoms with Gasteiger partial charge in [0.05, 0.1) is 0 Å². The molecule has 0 spiro atoms. The van der Waals surface area contributed by atoms with Gasteiger partial charge < -0.3 is 0 Å². The summed E-state index contributed by atoms with van der Waals surface area (Å²) in [5.41, 5.74) is 0. The van der Waals surface area contributed by atoms with E-state index in [1.54, 1.807) is 12.5 Å². The second-order valence-electron chi connectivity index (χ2n) is 1.26. The minimum absolute atomic E-state index is 0.480. The molecule has 3 nitrogen and oxygen atoms in total. The van der Waals surface area contributed by atoms with E-state index in [-0.39, 0.29) is 0 Å². The van der Waals surface area contributed by atoms with E-state index < -0.39 is 19.9 Å². The van der Waals surface area contributed by atoms with Gasteiger partial charge >= 0.3 is 9.24 Å². The Hall–Kier alpha value is 0.390. The topological polar surface area (TPSA) is 46.5 Å². The van der Waals surface area contributed by atoms with E-state index >= 15 is 0 Å². The Bertz CT molecular complexity index is 190. The summed E-state index contributed by atoms with van der Waals surface area (Å²) < 4.78 is 23.3. The molecule has 0 N–H and O–H groups in total. The van der Waals surface area contributed by atoms with Crippen LogP contribution in [0.15, 0.2) is 3.77 Å². The smallest absolute Gasteiger partial charge is 0.187 e. The van der Waals surface area contributed by atoms with Crippen LogP contribution in [0.5, 0.6) is 0 Å². The highest BCUT2D eigenvalue weighted by molar-refractivity contribution is 8.16. The SMILES string of the molecule is CS(C)=NS(=O)(=O)Cl. The highest BCUT2D eigenvalue weighted by Crippen LogP contribution is 1.98. The fraction of sp³-hybridized carbons (Fsp3) is 1.00. The van der Waals surface area contributed by atoms with Gasteiger partial charge in [0.1, 0.15) is 0 Å². The quantitative estimate of drug-likeness (QED) is 0.546. The van der Waals surface area contributed by atoms with Gasteiger partial charge in [0.15, 0.2) is 0 Å². The van der Waals surface area contributed by atoms with Gasteiger partial charge in [-0.15, -0.1) is 3.77 Å². The first-order valence-corrected chi connectivity index (χ1v) is 5.93. The fourth-order valence-corrected chi connectivity index (χ4v) is 2.62. The van der Waals surface area contributed by atoms with Crippen LogP contribution in [0.4, 0.5) is 0 Å². The molecule has 0 aromatic heterocycles. The average Bonchev–Trinajstić information content (AvgIpc) is 1.21. The first-order valence-electron chi connectivity index (χ1n) is 1.67. The molecule has 0 unspecified atom stereocenters. The summed E-state index contributed by atoms with van der Waals surface area (Å²) in [5.74, 6) is 0. The minimum Gasteiger partial charge on any atom is -0.187 e. The molecule has 0 amide bonds. The normalized spacial score (nSPS) is 12.0. The van der Waals surface area contributed by atoms with Crippen molar-refractivity contribution in [3.63, 3.8) is 0 Å². The lowest BCUT2D eigenvalue weighted by atomic mass is 11.9. The first-order chi connectivity index (χ1) is 3.42. The van der Waals surface area contributed by atoms with Crippen LogP contribution in [0.1, 0.15) is 0 Å². The molecule has 0 saturated carbocycles. The zero-order valence-corrected chi connectivity index (χ0v) is 6.85. The van der Waals surface area contributed by atoms with Crippen molar-refractivity contribution in [1.82, 2.24) is 0 Å². The van der Waals surface area contributed by atoms with Crippen molar-refractivity contribution >= 4 is 30.6 Å². The Morgan fingerprint density at radius 2 is 1.88 bits per heavy atom. The lowest BCUT2D eigenvalue weighted by molar-refractivity contribution is 0.612. The maximum atomic E-state index is 10.0. The molecular formula is C2H6ClNO2S2. The third kappa shape index (κ3) is 6.39. The number of hydrogen-bond acceptors (Lipinski definition) is 2. The molecule has 0 aliphatic carbocycles. The van der Waals surface area contributed by atoms with Crippen LogP contribution in [0.3, 0.4) is 0 Å². The third-order valence-corrected chi connectivity index (χ3v) is 2.65. The van der Waals surface area contributed by atoms with E-state index in [4.69, 9.17) is 10.7 Å². The Kier molecular flexibility index (Phi) is 2.93. The molecule has 0 aliphatic heterocycles. The third-order valence-electron chi connectivity index (χ3n) is 0.238. The van der Waals surface area contributed by atoms with Crippen LogP contribution in [-0.4, -0.2) is 20.9 Å². The maximum absolute atomic E-state index is 10.0. The molecule has 0 radical (unpaired) electrons. The van der Waals surface area contributed by atoms with Gasteiger partial charge in [-0.2, -0.15) is 8.42 Å². The second-order valence-corrected chi connectivity index (χ2v) is 5.40. The lowest BCUT2D eigenvalue weighted by Crippen LogP contribution is -1.85. The summed E-state index contributed by atoms with van der Waals surface area (Å²) in [6.07, 6.45) is 3.33. The standard InChI is InChI=1S/C2H6ClNO2S2/c1-7(2)4-8(3,5)6/h1-2H3. The molecule has 0 aromatic carbocycles. The lowest BCUT2D eigenvalue weighted by Gasteiger charge is -1.84. The van der Waals surface area contributed by atoms with Gasteiger partial charge in [0, 0.05) is 10.7 Å². The molecule has 6 heteroatoms. The summed E-state index contributed by atoms with van der Waals surface area (Å²) in [6.45, 7) is 0. The molecule has 0 heterocycles. The second kappa shape index (κ2) is 2.80. The van der Waals surface area contributed by atoms with Crippen LogP contribution in [0.2, 0.25) is 0 Å². The van der Waals surface area contributed by atoms with E-state index in [2.05, 4.69) is 3.77 Å². The van der Waals surface area contributed by atoms with Crippen LogP contribution in [-0.2, 0) is 19.9 Å². The zero-order valence-electron chi connectivity index (χ0n) is 4.46. The Balaban J connectivity index is 4.36. The molecule has 0 aliphatic rings. The highest BCUT2D eigenvalue weighted by atomic mass is 35.7. The monoisotopic (exact) mass is 175 g/mol. The zero-order chi connectivity index (χ0) is 6.78. The predicted molar refractivity (Wildman–Crippen MR) is 36.4 cm³/mol. The molecule has 0 rings (SSSR count). The van der Waals surface area contributed by atoms with E-state index in [9.17, 15) is 8.42 Å². The molecule has 8 heavy (non-hydrogen) atoms. The van der Waals surface area contributed by atoms with Crippen molar-refractivity contribution < 1.29 is 8.42 Å². The van der Waals surface area contributed by atoms with Crippen LogP contribution in [0, 0.1) is 0 Å². The van der Waals surface area contributed by atoms with Gasteiger partial charge in [-0.05, 0) is 12.5 Å². The van der Waals surface area contributed by atoms with Crippen molar-refractivity contribution in [3.05, 3.63) is 0 Å². The van der Waals surface area contributed by atoms with Gasteiger partial charge in [-0.1, -0.05) is 10.7 Å². The predicted octanol–water partition coefficient (Wildman–Crippen LogP) is 0.532. The molecule has 0 atom stereocenters. The van der Waals surface area contributed by atoms with Crippen molar-refractivity contribution in [2.24, 2.45) is 3.77 Å². The average molecular weight is 176 g/mol. The maximum Gasteiger partial charge on any atom is 0.345 e. The number of rotatable bonds is 1. The Morgan fingerprint density at radius 1 is 1.50 bits per heavy atom. The first kappa shape index (κ1) is 8.39. The summed E-state index contributed by atoms with van der Waals surface area (Å²) in [7, 11) is 0.647. The number of halogens is 1. The van der Waals surface area contributed by atoms with Crippen LogP contribution in [0.25, 0.3) is 0 Å². The summed E-state index contributed by atoms with van der Waals surface area (Å²) in [4.78, 5) is 0. The minimum atomic E-state index is -3.61. The Labute approximate surface area is 55.7 Å². The molecular weight excluding hydrogens is 170 g/mol. The van der Waals surface area contributed by atoms with E-state index in [0.717, 1.165) is 0 Å². The van der Waals surface area contributed by atoms with E-state index in [1.165, 1.54) is 0 Å². The number of hydrogen-bond donors (Lipinski definition) is 0.